The molecule has 2 aromatic heterocycles. The zero-order valence-corrected chi connectivity index (χ0v) is 17.3. The van der Waals surface area contributed by atoms with Crippen molar-refractivity contribution in [1.29, 1.82) is 0 Å². The van der Waals surface area contributed by atoms with E-state index < -0.39 is 17.7 Å². The Morgan fingerprint density at radius 1 is 1.06 bits per heavy atom. The number of ketones is 1. The van der Waals surface area contributed by atoms with Crippen LogP contribution in [0.4, 0.5) is 0 Å². The van der Waals surface area contributed by atoms with Crippen molar-refractivity contribution in [3.8, 4) is 11.5 Å². The average Bonchev–Trinajstić information content (AvgIpc) is 3.62. The van der Waals surface area contributed by atoms with Gasteiger partial charge in [0.1, 0.15) is 11.5 Å². The summed E-state index contributed by atoms with van der Waals surface area (Å²) in [5, 5.41) is 12.1. The normalized spacial score (nSPS) is 19.0. The number of aliphatic hydroxyl groups is 1. The highest BCUT2D eigenvalue weighted by Crippen LogP contribution is 2.43. The molecule has 2 N–H and O–H groups in total. The number of rotatable bonds is 4. The van der Waals surface area contributed by atoms with Gasteiger partial charge in [0.2, 0.25) is 6.79 Å². The fraction of sp³-hybridized carbons (Fsp3) is 0.120. The predicted octanol–water partition coefficient (Wildman–Crippen LogP) is 4.11. The first-order valence-electron chi connectivity index (χ1n) is 10.4. The van der Waals surface area contributed by atoms with Gasteiger partial charge in [-0.3, -0.25) is 9.59 Å². The molecule has 4 aromatic rings. The fourth-order valence-electron chi connectivity index (χ4n) is 4.46. The van der Waals surface area contributed by atoms with Gasteiger partial charge < -0.3 is 28.9 Å². The van der Waals surface area contributed by atoms with Crippen LogP contribution in [0, 0.1) is 0 Å². The second-order valence-corrected chi connectivity index (χ2v) is 7.86. The number of nitrogens with zero attached hydrogens (tertiary/aromatic N) is 1. The van der Waals surface area contributed by atoms with E-state index in [0.717, 1.165) is 10.9 Å². The Labute approximate surface area is 187 Å². The van der Waals surface area contributed by atoms with Crippen molar-refractivity contribution in [3.05, 3.63) is 89.5 Å². The van der Waals surface area contributed by atoms with E-state index in [1.54, 1.807) is 36.5 Å². The number of benzene rings is 2. The Hall–Kier alpha value is -4.46. The SMILES string of the molecule is O=C1C(=O)N(Cc2ccco2)C(c2c[nH]c3ccccc23)/C1=C(\O)c1ccc2c(c1)OCO2. The van der Waals surface area contributed by atoms with Crippen LogP contribution in [0.25, 0.3) is 16.7 Å². The van der Waals surface area contributed by atoms with E-state index in [2.05, 4.69) is 4.98 Å². The molecule has 2 aliphatic rings. The number of aromatic amines is 1. The molecule has 33 heavy (non-hydrogen) atoms. The minimum absolute atomic E-state index is 0.00942. The van der Waals surface area contributed by atoms with Gasteiger partial charge in [-0.15, -0.1) is 0 Å². The van der Waals surface area contributed by atoms with Crippen molar-refractivity contribution in [2.75, 3.05) is 6.79 Å². The summed E-state index contributed by atoms with van der Waals surface area (Å²) >= 11 is 0. The number of para-hydroxylation sites is 1. The molecule has 1 unspecified atom stereocenters. The fourth-order valence-corrected chi connectivity index (χ4v) is 4.46. The quantitative estimate of drug-likeness (QED) is 0.280. The zero-order valence-electron chi connectivity index (χ0n) is 17.3. The van der Waals surface area contributed by atoms with Gasteiger partial charge in [0.05, 0.1) is 24.4 Å². The molecular weight excluding hydrogens is 424 g/mol. The van der Waals surface area contributed by atoms with Crippen molar-refractivity contribution in [2.45, 2.75) is 12.6 Å². The summed E-state index contributed by atoms with van der Waals surface area (Å²) in [5.74, 6) is -0.185. The number of carbonyl (C=O) groups excluding carboxylic acids is 2. The van der Waals surface area contributed by atoms with Gasteiger partial charge in [0.25, 0.3) is 11.7 Å². The van der Waals surface area contributed by atoms with Crippen LogP contribution in [0.1, 0.15) is 22.9 Å². The highest BCUT2D eigenvalue weighted by atomic mass is 16.7. The van der Waals surface area contributed by atoms with Crippen molar-refractivity contribution >= 4 is 28.4 Å². The van der Waals surface area contributed by atoms with Crippen LogP contribution in [-0.2, 0) is 16.1 Å². The highest BCUT2D eigenvalue weighted by Gasteiger charge is 2.47. The number of Topliss-reactive ketones (excluding diaryl/α,β-unsaturated/α-hetero) is 1. The number of nitrogens with one attached hydrogen (secondary N) is 1. The molecule has 4 heterocycles. The third-order valence-corrected chi connectivity index (χ3v) is 6.01. The molecule has 2 aromatic carbocycles. The highest BCUT2D eigenvalue weighted by molar-refractivity contribution is 6.46. The van der Waals surface area contributed by atoms with Crippen LogP contribution < -0.4 is 9.47 Å². The van der Waals surface area contributed by atoms with Gasteiger partial charge in [-0.1, -0.05) is 18.2 Å². The summed E-state index contributed by atoms with van der Waals surface area (Å²) in [4.78, 5) is 31.0. The van der Waals surface area contributed by atoms with E-state index in [0.29, 0.717) is 28.4 Å². The minimum Gasteiger partial charge on any atom is -0.507 e. The topological polar surface area (TPSA) is 105 Å². The predicted molar refractivity (Wildman–Crippen MR) is 117 cm³/mol. The summed E-state index contributed by atoms with van der Waals surface area (Å²) < 4.78 is 16.2. The molecular formula is C25H18N2O6. The van der Waals surface area contributed by atoms with Gasteiger partial charge in [-0.05, 0) is 36.4 Å². The first-order chi connectivity index (χ1) is 16.1. The van der Waals surface area contributed by atoms with Crippen LogP contribution in [0.2, 0.25) is 0 Å². The average molecular weight is 442 g/mol. The lowest BCUT2D eigenvalue weighted by molar-refractivity contribution is -0.140. The van der Waals surface area contributed by atoms with Crippen molar-refractivity contribution < 1.29 is 28.6 Å². The number of hydrogen-bond acceptors (Lipinski definition) is 6. The second kappa shape index (κ2) is 7.30. The Bertz CT molecular complexity index is 1430. The van der Waals surface area contributed by atoms with E-state index >= 15 is 0 Å². The monoisotopic (exact) mass is 442 g/mol. The Morgan fingerprint density at radius 2 is 1.91 bits per heavy atom. The van der Waals surface area contributed by atoms with Crippen molar-refractivity contribution in [1.82, 2.24) is 9.88 Å². The van der Waals surface area contributed by atoms with Crippen LogP contribution in [-0.4, -0.2) is 33.5 Å². The number of aromatic nitrogens is 1. The lowest BCUT2D eigenvalue weighted by Gasteiger charge is -2.24. The van der Waals surface area contributed by atoms with E-state index in [1.807, 2.05) is 24.3 Å². The molecule has 1 atom stereocenters. The van der Waals surface area contributed by atoms with Crippen LogP contribution >= 0.6 is 0 Å². The number of likely N-dealkylation sites (tertiary alicyclic amines) is 1. The number of ether oxygens (including phenoxy) is 2. The number of amides is 1. The van der Waals surface area contributed by atoms with Crippen LogP contribution in [0.5, 0.6) is 11.5 Å². The van der Waals surface area contributed by atoms with Gasteiger partial charge >= 0.3 is 0 Å². The summed E-state index contributed by atoms with van der Waals surface area (Å²) in [6.45, 7) is 0.169. The molecule has 8 heteroatoms. The summed E-state index contributed by atoms with van der Waals surface area (Å²) in [6.07, 6.45) is 3.28. The van der Waals surface area contributed by atoms with Gasteiger partial charge in [-0.2, -0.15) is 0 Å². The largest absolute Gasteiger partial charge is 0.507 e. The third-order valence-electron chi connectivity index (χ3n) is 6.01. The maximum Gasteiger partial charge on any atom is 0.296 e. The first kappa shape index (κ1) is 19.2. The Kier molecular flexibility index (Phi) is 4.26. The summed E-state index contributed by atoms with van der Waals surface area (Å²) in [7, 11) is 0. The summed E-state index contributed by atoms with van der Waals surface area (Å²) in [6, 6.07) is 15.2. The Balaban J connectivity index is 1.54. The molecule has 0 bridgehead atoms. The van der Waals surface area contributed by atoms with Crippen molar-refractivity contribution in [3.63, 3.8) is 0 Å². The summed E-state index contributed by atoms with van der Waals surface area (Å²) in [5.41, 5.74) is 1.94. The molecule has 2 aliphatic heterocycles. The zero-order chi connectivity index (χ0) is 22.5. The molecule has 1 fully saturated rings. The Morgan fingerprint density at radius 3 is 2.76 bits per heavy atom. The maximum atomic E-state index is 13.2. The molecule has 6 rings (SSSR count). The van der Waals surface area contributed by atoms with Gasteiger partial charge in [0.15, 0.2) is 11.5 Å². The molecule has 1 saturated heterocycles. The van der Waals surface area contributed by atoms with Crippen LogP contribution in [0.3, 0.4) is 0 Å². The first-order valence-corrected chi connectivity index (χ1v) is 10.4. The smallest absolute Gasteiger partial charge is 0.296 e. The number of fused-ring (bicyclic) bond motifs is 2. The molecule has 1 amide bonds. The molecule has 164 valence electrons. The van der Waals surface area contributed by atoms with Crippen molar-refractivity contribution in [2.24, 2.45) is 0 Å². The van der Waals surface area contributed by atoms with E-state index in [9.17, 15) is 14.7 Å². The lowest BCUT2D eigenvalue weighted by atomic mass is 9.95. The standard InChI is InChI=1S/C25H18N2O6/c28-23(14-7-8-19-20(10-14)33-13-32-19)21-22(17-11-26-18-6-2-1-5-16(17)18)27(25(30)24(21)29)12-15-4-3-9-31-15/h1-11,22,26,28H,12-13H2/b23-21+. The number of aliphatic hydroxyl groups excluding tert-OH is 1. The lowest BCUT2D eigenvalue weighted by Crippen LogP contribution is -2.29. The van der Waals surface area contributed by atoms with Gasteiger partial charge in [0, 0.05) is 28.2 Å². The molecule has 0 aliphatic carbocycles. The van der Waals surface area contributed by atoms with E-state index in [1.165, 1.54) is 11.2 Å². The minimum atomic E-state index is -0.809. The number of furan rings is 1. The molecule has 8 nitrogen and oxygen atoms in total. The molecule has 0 radical (unpaired) electrons. The van der Waals surface area contributed by atoms with E-state index in [-0.39, 0.29) is 24.7 Å². The van der Waals surface area contributed by atoms with Gasteiger partial charge in [-0.25, -0.2) is 0 Å². The third kappa shape index (κ3) is 2.99. The second-order valence-electron chi connectivity index (χ2n) is 7.86. The number of H-pyrrole nitrogens is 1. The maximum absolute atomic E-state index is 13.2. The molecule has 0 saturated carbocycles. The number of hydrogen-bond donors (Lipinski definition) is 2. The molecule has 0 spiro atoms. The van der Waals surface area contributed by atoms with Crippen LogP contribution in [0.15, 0.2) is 77.0 Å². The van der Waals surface area contributed by atoms with E-state index in [4.69, 9.17) is 13.9 Å². The number of carbonyl (C=O) groups is 2.